The zero-order valence-corrected chi connectivity index (χ0v) is 12.0. The van der Waals surface area contributed by atoms with Crippen LogP contribution in [0.1, 0.15) is 49.5 Å². The van der Waals surface area contributed by atoms with Gasteiger partial charge in [-0.2, -0.15) is 10.2 Å². The molecule has 0 saturated heterocycles. The van der Waals surface area contributed by atoms with Gasteiger partial charge in [-0.1, -0.05) is 6.92 Å². The van der Waals surface area contributed by atoms with Gasteiger partial charge in [-0.15, -0.1) is 0 Å². The quantitative estimate of drug-likeness (QED) is 0.898. The molecular formula is C14H22N4O. The standard InChI is InChI=1S/C14H22N4O/c1-5-11(3)18-7-6-12(16-18)9-14(19)13-8-10(2)15-17(13)4/h6-8,11,14,19H,5,9H2,1-4H3. The van der Waals surface area contributed by atoms with Crippen molar-refractivity contribution < 1.29 is 5.11 Å². The number of nitrogens with zero attached hydrogens (tertiary/aromatic N) is 4. The van der Waals surface area contributed by atoms with Crippen molar-refractivity contribution in [3.8, 4) is 0 Å². The van der Waals surface area contributed by atoms with Crippen molar-refractivity contribution in [2.45, 2.75) is 45.8 Å². The molecule has 0 spiro atoms. The Kier molecular flexibility index (Phi) is 4.04. The maximum atomic E-state index is 10.3. The Morgan fingerprint density at radius 2 is 2.11 bits per heavy atom. The predicted octanol–water partition coefficient (Wildman–Crippen LogP) is 2.17. The summed E-state index contributed by atoms with van der Waals surface area (Å²) in [6, 6.07) is 4.28. The lowest BCUT2D eigenvalue weighted by Crippen LogP contribution is -2.09. The van der Waals surface area contributed by atoms with Crippen molar-refractivity contribution in [3.63, 3.8) is 0 Å². The second kappa shape index (κ2) is 5.57. The SMILES string of the molecule is CCC(C)n1ccc(CC(O)c2cc(C)nn2C)n1. The molecule has 2 rings (SSSR count). The maximum absolute atomic E-state index is 10.3. The first-order valence-electron chi connectivity index (χ1n) is 6.74. The van der Waals surface area contributed by atoms with Gasteiger partial charge in [-0.05, 0) is 32.4 Å². The summed E-state index contributed by atoms with van der Waals surface area (Å²) in [7, 11) is 1.85. The highest BCUT2D eigenvalue weighted by atomic mass is 16.3. The highest BCUT2D eigenvalue weighted by Crippen LogP contribution is 2.18. The first kappa shape index (κ1) is 13.8. The van der Waals surface area contributed by atoms with Crippen LogP contribution in [0.25, 0.3) is 0 Å². The summed E-state index contributed by atoms with van der Waals surface area (Å²) in [6.45, 7) is 6.20. The van der Waals surface area contributed by atoms with E-state index in [9.17, 15) is 5.11 Å². The van der Waals surface area contributed by atoms with Gasteiger partial charge in [-0.3, -0.25) is 9.36 Å². The third-order valence-corrected chi connectivity index (χ3v) is 3.49. The number of hydrogen-bond acceptors (Lipinski definition) is 3. The zero-order valence-electron chi connectivity index (χ0n) is 12.0. The monoisotopic (exact) mass is 262 g/mol. The molecule has 0 aliphatic rings. The van der Waals surface area contributed by atoms with Gasteiger partial charge in [0.1, 0.15) is 6.10 Å². The molecule has 19 heavy (non-hydrogen) atoms. The van der Waals surface area contributed by atoms with Gasteiger partial charge >= 0.3 is 0 Å². The van der Waals surface area contributed by atoms with Crippen LogP contribution >= 0.6 is 0 Å². The molecule has 2 heterocycles. The van der Waals surface area contributed by atoms with Crippen LogP contribution in [0.2, 0.25) is 0 Å². The minimum atomic E-state index is -0.563. The van der Waals surface area contributed by atoms with Gasteiger partial charge in [0.15, 0.2) is 0 Å². The van der Waals surface area contributed by atoms with Crippen LogP contribution in [-0.2, 0) is 13.5 Å². The van der Waals surface area contributed by atoms with E-state index in [1.807, 2.05) is 37.0 Å². The Morgan fingerprint density at radius 1 is 1.37 bits per heavy atom. The fraction of sp³-hybridized carbons (Fsp3) is 0.571. The van der Waals surface area contributed by atoms with Crippen LogP contribution < -0.4 is 0 Å². The molecule has 2 atom stereocenters. The van der Waals surface area contributed by atoms with E-state index in [-0.39, 0.29) is 0 Å². The summed E-state index contributed by atoms with van der Waals surface area (Å²) >= 11 is 0. The summed E-state index contributed by atoms with van der Waals surface area (Å²) in [6.07, 6.45) is 2.98. The number of aliphatic hydroxyl groups is 1. The molecule has 0 amide bonds. The highest BCUT2D eigenvalue weighted by molar-refractivity contribution is 5.14. The third kappa shape index (κ3) is 3.04. The van der Waals surface area contributed by atoms with E-state index in [1.54, 1.807) is 4.68 Å². The fourth-order valence-electron chi connectivity index (χ4n) is 2.16. The molecule has 0 aliphatic carbocycles. The summed E-state index contributed by atoms with van der Waals surface area (Å²) in [5.41, 5.74) is 2.66. The molecular weight excluding hydrogens is 240 g/mol. The molecule has 0 fully saturated rings. The molecule has 0 saturated carbocycles. The lowest BCUT2D eigenvalue weighted by molar-refractivity contribution is 0.167. The van der Waals surface area contributed by atoms with E-state index < -0.39 is 6.10 Å². The van der Waals surface area contributed by atoms with Crippen LogP contribution in [0, 0.1) is 6.92 Å². The van der Waals surface area contributed by atoms with E-state index in [1.165, 1.54) is 0 Å². The van der Waals surface area contributed by atoms with Gasteiger partial charge in [0.05, 0.1) is 17.1 Å². The molecule has 0 aliphatic heterocycles. The van der Waals surface area contributed by atoms with Gasteiger partial charge in [0.2, 0.25) is 0 Å². The van der Waals surface area contributed by atoms with Crippen molar-refractivity contribution in [1.82, 2.24) is 19.6 Å². The highest BCUT2D eigenvalue weighted by Gasteiger charge is 2.15. The first-order valence-corrected chi connectivity index (χ1v) is 6.74. The molecule has 0 bridgehead atoms. The fourth-order valence-corrected chi connectivity index (χ4v) is 2.16. The Hall–Kier alpha value is -1.62. The van der Waals surface area contributed by atoms with Crippen LogP contribution in [0.4, 0.5) is 0 Å². The Labute approximate surface area is 113 Å². The average molecular weight is 262 g/mol. The van der Waals surface area contributed by atoms with Gasteiger partial charge in [0.25, 0.3) is 0 Å². The number of aliphatic hydroxyl groups excluding tert-OH is 1. The second-order valence-corrected chi connectivity index (χ2v) is 5.10. The molecule has 5 heteroatoms. The topological polar surface area (TPSA) is 55.9 Å². The van der Waals surface area contributed by atoms with E-state index in [2.05, 4.69) is 24.0 Å². The average Bonchev–Trinajstić information content (AvgIpc) is 2.95. The minimum Gasteiger partial charge on any atom is -0.386 e. The van der Waals surface area contributed by atoms with Gasteiger partial charge in [-0.25, -0.2) is 0 Å². The molecule has 5 nitrogen and oxygen atoms in total. The molecule has 2 unspecified atom stereocenters. The van der Waals surface area contributed by atoms with Crippen LogP contribution in [0.5, 0.6) is 0 Å². The summed E-state index contributed by atoms with van der Waals surface area (Å²) < 4.78 is 3.68. The van der Waals surface area contributed by atoms with Crippen LogP contribution in [0.15, 0.2) is 18.3 Å². The minimum absolute atomic E-state index is 0.393. The first-order chi connectivity index (χ1) is 9.01. The molecule has 0 aromatic carbocycles. The van der Waals surface area contributed by atoms with E-state index in [0.717, 1.165) is 23.5 Å². The predicted molar refractivity (Wildman–Crippen MR) is 73.8 cm³/mol. The molecule has 1 N–H and O–H groups in total. The third-order valence-electron chi connectivity index (χ3n) is 3.49. The largest absolute Gasteiger partial charge is 0.386 e. The van der Waals surface area contributed by atoms with Crippen molar-refractivity contribution in [3.05, 3.63) is 35.4 Å². The van der Waals surface area contributed by atoms with Crippen LogP contribution in [-0.4, -0.2) is 24.7 Å². The van der Waals surface area contributed by atoms with E-state index in [4.69, 9.17) is 0 Å². The number of hydrogen-bond donors (Lipinski definition) is 1. The van der Waals surface area contributed by atoms with Gasteiger partial charge < -0.3 is 5.11 Å². The summed E-state index contributed by atoms with van der Waals surface area (Å²) in [5, 5.41) is 19.0. The molecule has 104 valence electrons. The Morgan fingerprint density at radius 3 is 2.68 bits per heavy atom. The lowest BCUT2D eigenvalue weighted by Gasteiger charge is -2.10. The van der Waals surface area contributed by atoms with Gasteiger partial charge in [0, 0.05) is 25.7 Å². The van der Waals surface area contributed by atoms with Crippen LogP contribution in [0.3, 0.4) is 0 Å². The normalized spacial score (nSPS) is 14.6. The maximum Gasteiger partial charge on any atom is 0.101 e. The number of aromatic nitrogens is 4. The van der Waals surface area contributed by atoms with E-state index >= 15 is 0 Å². The number of aryl methyl sites for hydroxylation is 2. The van der Waals surface area contributed by atoms with Crippen molar-refractivity contribution in [1.29, 1.82) is 0 Å². The summed E-state index contributed by atoms with van der Waals surface area (Å²) in [5.74, 6) is 0. The number of rotatable bonds is 5. The lowest BCUT2D eigenvalue weighted by atomic mass is 10.1. The zero-order chi connectivity index (χ0) is 14.0. The smallest absolute Gasteiger partial charge is 0.101 e. The second-order valence-electron chi connectivity index (χ2n) is 5.10. The molecule has 2 aromatic heterocycles. The Balaban J connectivity index is 2.08. The molecule has 0 radical (unpaired) electrons. The van der Waals surface area contributed by atoms with Crippen molar-refractivity contribution in [2.24, 2.45) is 7.05 Å². The summed E-state index contributed by atoms with van der Waals surface area (Å²) in [4.78, 5) is 0. The molecule has 2 aromatic rings. The van der Waals surface area contributed by atoms with Crippen molar-refractivity contribution >= 4 is 0 Å². The Bertz CT molecular complexity index is 543. The van der Waals surface area contributed by atoms with Crippen molar-refractivity contribution in [2.75, 3.05) is 0 Å². The van der Waals surface area contributed by atoms with E-state index in [0.29, 0.717) is 12.5 Å².